The second kappa shape index (κ2) is 9.37. The fraction of sp³-hybridized carbons (Fsp3) is 0.125. The first-order valence-corrected chi connectivity index (χ1v) is 5.73. The highest BCUT2D eigenvalue weighted by molar-refractivity contribution is 5.69. The molecule has 0 heterocycles. The molecule has 0 amide bonds. The van der Waals surface area contributed by atoms with Gasteiger partial charge in [0.15, 0.2) is 0 Å². The molecule has 0 atom stereocenters. The molecule has 0 fully saturated rings. The van der Waals surface area contributed by atoms with Crippen molar-refractivity contribution in [2.75, 3.05) is 0 Å². The monoisotopic (exact) mass is 228 g/mol. The van der Waals surface area contributed by atoms with Crippen LogP contribution in [0, 0.1) is 0 Å². The van der Waals surface area contributed by atoms with Crippen molar-refractivity contribution in [3.05, 3.63) is 71.8 Å². The van der Waals surface area contributed by atoms with Crippen LogP contribution in [0.3, 0.4) is 0 Å². The highest BCUT2D eigenvalue weighted by atomic mass is 16.0. The number of benzene rings is 2. The molecule has 0 saturated heterocycles. The van der Waals surface area contributed by atoms with Gasteiger partial charge in [0.2, 0.25) is 0 Å². The molecule has 2 rings (SSSR count). The second-order valence-electron chi connectivity index (χ2n) is 3.15. The van der Waals surface area contributed by atoms with Gasteiger partial charge in [-0.1, -0.05) is 86.7 Å². The van der Waals surface area contributed by atoms with Crippen molar-refractivity contribution in [1.29, 1.82) is 0 Å². The molecule has 2 aromatic carbocycles. The van der Waals surface area contributed by atoms with E-state index >= 15 is 0 Å². The molecule has 1 nitrogen and oxygen atoms in total. The maximum atomic E-state index is 2.12. The molecule has 2 aromatic rings. The van der Waals surface area contributed by atoms with Gasteiger partial charge in [-0.3, -0.25) is 0 Å². The summed E-state index contributed by atoms with van der Waals surface area (Å²) in [6.07, 6.45) is 4.24. The average molecular weight is 228 g/mol. The fourth-order valence-electron chi connectivity index (χ4n) is 1.32. The zero-order chi connectivity index (χ0) is 11.6. The summed E-state index contributed by atoms with van der Waals surface area (Å²) in [5.41, 5.74) is 2.47. The summed E-state index contributed by atoms with van der Waals surface area (Å²) in [6.45, 7) is 4.00. The van der Waals surface area contributed by atoms with E-state index < -0.39 is 0 Å². The van der Waals surface area contributed by atoms with Crippen molar-refractivity contribution in [2.45, 2.75) is 13.8 Å². The lowest BCUT2D eigenvalue weighted by atomic mass is 10.1. The van der Waals surface area contributed by atoms with E-state index in [0.29, 0.717) is 0 Å². The summed E-state index contributed by atoms with van der Waals surface area (Å²) in [4.78, 5) is 0. The first-order valence-electron chi connectivity index (χ1n) is 5.73. The minimum atomic E-state index is 0. The van der Waals surface area contributed by atoms with E-state index in [-0.39, 0.29) is 5.48 Å². The molecule has 0 radical (unpaired) electrons. The standard InChI is InChI=1S/C14H12.C2H6.H2O/c1-3-7-13(8-4-1)11-12-14-9-5-2-6-10-14;1-2;/h1-12H;1-2H3;1H2/b12-11+;;. The zero-order valence-corrected chi connectivity index (χ0v) is 10.4. The molecule has 90 valence electrons. The summed E-state index contributed by atoms with van der Waals surface area (Å²) in [5, 5.41) is 0. The molecule has 0 aliphatic heterocycles. The first kappa shape index (κ1) is 15.1. The van der Waals surface area contributed by atoms with Crippen LogP contribution in [0.15, 0.2) is 60.7 Å². The molecule has 0 aliphatic rings. The van der Waals surface area contributed by atoms with Gasteiger partial charge >= 0.3 is 0 Å². The maximum absolute atomic E-state index is 2.12. The smallest absolute Gasteiger partial charge is 0.0256 e. The zero-order valence-electron chi connectivity index (χ0n) is 10.4. The van der Waals surface area contributed by atoms with Crippen molar-refractivity contribution in [2.24, 2.45) is 0 Å². The van der Waals surface area contributed by atoms with Crippen molar-refractivity contribution in [1.82, 2.24) is 0 Å². The Morgan fingerprint density at radius 2 is 0.882 bits per heavy atom. The summed E-state index contributed by atoms with van der Waals surface area (Å²) < 4.78 is 0. The molecular weight excluding hydrogens is 208 g/mol. The van der Waals surface area contributed by atoms with E-state index in [1.165, 1.54) is 11.1 Å². The van der Waals surface area contributed by atoms with Crippen LogP contribution >= 0.6 is 0 Å². The molecule has 2 N–H and O–H groups in total. The number of hydrogen-bond acceptors (Lipinski definition) is 0. The van der Waals surface area contributed by atoms with Crippen molar-refractivity contribution >= 4 is 12.2 Å². The lowest BCUT2D eigenvalue weighted by molar-refractivity contribution is 0.824. The third kappa shape index (κ3) is 5.69. The maximum Gasteiger partial charge on any atom is -0.0256 e. The van der Waals surface area contributed by atoms with Crippen LogP contribution in [0.25, 0.3) is 12.2 Å². The van der Waals surface area contributed by atoms with Gasteiger partial charge in [-0.05, 0) is 11.1 Å². The van der Waals surface area contributed by atoms with Gasteiger partial charge in [0.1, 0.15) is 0 Å². The van der Waals surface area contributed by atoms with Crippen LogP contribution in [0.1, 0.15) is 25.0 Å². The van der Waals surface area contributed by atoms with Crippen molar-refractivity contribution in [3.63, 3.8) is 0 Å². The van der Waals surface area contributed by atoms with Crippen LogP contribution < -0.4 is 0 Å². The summed E-state index contributed by atoms with van der Waals surface area (Å²) >= 11 is 0. The van der Waals surface area contributed by atoms with E-state index in [1.807, 2.05) is 50.2 Å². The molecule has 17 heavy (non-hydrogen) atoms. The molecular formula is C16H20O. The predicted molar refractivity (Wildman–Crippen MR) is 76.8 cm³/mol. The van der Waals surface area contributed by atoms with Crippen LogP contribution in [0.2, 0.25) is 0 Å². The van der Waals surface area contributed by atoms with E-state index in [9.17, 15) is 0 Å². The minimum Gasteiger partial charge on any atom is -0.412 e. The molecule has 0 aliphatic carbocycles. The fourth-order valence-corrected chi connectivity index (χ4v) is 1.32. The quantitative estimate of drug-likeness (QED) is 0.694. The van der Waals surface area contributed by atoms with Gasteiger partial charge in [0.05, 0.1) is 0 Å². The molecule has 0 spiro atoms. The first-order chi connectivity index (χ1) is 7.95. The Balaban J connectivity index is 0.000000811. The van der Waals surface area contributed by atoms with Crippen molar-refractivity contribution in [3.8, 4) is 0 Å². The molecule has 0 bridgehead atoms. The highest BCUT2D eigenvalue weighted by Gasteiger charge is 1.84. The third-order valence-electron chi connectivity index (χ3n) is 2.07. The Morgan fingerprint density at radius 3 is 1.18 bits per heavy atom. The van der Waals surface area contributed by atoms with E-state index in [2.05, 4.69) is 36.4 Å². The summed E-state index contributed by atoms with van der Waals surface area (Å²) in [7, 11) is 0. The lowest BCUT2D eigenvalue weighted by Crippen LogP contribution is -1.70. The topological polar surface area (TPSA) is 31.5 Å². The Labute approximate surface area is 104 Å². The van der Waals surface area contributed by atoms with Gasteiger partial charge in [-0.25, -0.2) is 0 Å². The Kier molecular flexibility index (Phi) is 8.35. The van der Waals surface area contributed by atoms with E-state index in [4.69, 9.17) is 0 Å². The summed E-state index contributed by atoms with van der Waals surface area (Å²) in [5.74, 6) is 0. The number of hydrogen-bond donors (Lipinski definition) is 0. The summed E-state index contributed by atoms with van der Waals surface area (Å²) in [6, 6.07) is 20.6. The Morgan fingerprint density at radius 1 is 0.588 bits per heavy atom. The molecule has 1 heteroatoms. The Hall–Kier alpha value is -1.86. The minimum absolute atomic E-state index is 0. The van der Waals surface area contributed by atoms with Crippen molar-refractivity contribution < 1.29 is 5.48 Å². The van der Waals surface area contributed by atoms with Crippen LogP contribution in [0.4, 0.5) is 0 Å². The average Bonchev–Trinajstić information content (AvgIpc) is 2.41. The number of rotatable bonds is 2. The van der Waals surface area contributed by atoms with E-state index in [0.717, 1.165) is 0 Å². The van der Waals surface area contributed by atoms with Gasteiger partial charge in [0.25, 0.3) is 0 Å². The molecule has 0 unspecified atom stereocenters. The molecule has 0 saturated carbocycles. The van der Waals surface area contributed by atoms with Crippen LogP contribution in [0.5, 0.6) is 0 Å². The normalized spacial score (nSPS) is 9.06. The van der Waals surface area contributed by atoms with Crippen LogP contribution in [-0.2, 0) is 0 Å². The largest absolute Gasteiger partial charge is 0.412 e. The van der Waals surface area contributed by atoms with Gasteiger partial charge in [-0.15, -0.1) is 0 Å². The SMILES string of the molecule is C(=C\c1ccccc1)/c1ccccc1.CC.O. The highest BCUT2D eigenvalue weighted by Crippen LogP contribution is 2.06. The third-order valence-corrected chi connectivity index (χ3v) is 2.07. The van der Waals surface area contributed by atoms with E-state index in [1.54, 1.807) is 0 Å². The predicted octanol–water partition coefficient (Wildman–Crippen LogP) is 4.06. The van der Waals surface area contributed by atoms with Gasteiger partial charge in [-0.2, -0.15) is 0 Å². The van der Waals surface area contributed by atoms with Gasteiger partial charge in [0, 0.05) is 0 Å². The molecule has 0 aromatic heterocycles. The van der Waals surface area contributed by atoms with Crippen LogP contribution in [-0.4, -0.2) is 5.48 Å². The Bertz CT molecular complexity index is 363. The lowest BCUT2D eigenvalue weighted by Gasteiger charge is -1.92. The van der Waals surface area contributed by atoms with Gasteiger partial charge < -0.3 is 5.48 Å². The second-order valence-corrected chi connectivity index (χ2v) is 3.15.